The summed E-state index contributed by atoms with van der Waals surface area (Å²) in [7, 11) is 0. The molecule has 1 unspecified atom stereocenters. The van der Waals surface area contributed by atoms with Crippen molar-refractivity contribution in [2.75, 3.05) is 11.9 Å². The number of benzene rings is 1. The Balaban J connectivity index is 2.08. The summed E-state index contributed by atoms with van der Waals surface area (Å²) in [6, 6.07) is 6.64. The molecule has 1 atom stereocenters. The molecule has 0 fully saturated rings. The van der Waals surface area contributed by atoms with Gasteiger partial charge in [-0.15, -0.1) is 0 Å². The molecule has 7 nitrogen and oxygen atoms in total. The van der Waals surface area contributed by atoms with Crippen molar-refractivity contribution in [2.24, 2.45) is 5.10 Å². The largest absolute Gasteiger partial charge is 0.450 e. The van der Waals surface area contributed by atoms with Crippen molar-refractivity contribution in [1.82, 2.24) is 10.7 Å². The number of nitrogens with one attached hydrogen (secondary N) is 3. The lowest BCUT2D eigenvalue weighted by atomic mass is 10.0. The molecule has 0 aromatic heterocycles. The fraction of sp³-hybridized carbons (Fsp3) is 0.308. The molecule has 0 radical (unpaired) electrons. The van der Waals surface area contributed by atoms with Crippen LogP contribution in [0.1, 0.15) is 19.4 Å². The van der Waals surface area contributed by atoms with E-state index < -0.39 is 6.09 Å². The van der Waals surface area contributed by atoms with Gasteiger partial charge in [-0.25, -0.2) is 15.0 Å². The zero-order chi connectivity index (χ0) is 14.5. The van der Waals surface area contributed by atoms with Crippen LogP contribution in [0.2, 0.25) is 0 Å². The van der Waals surface area contributed by atoms with Gasteiger partial charge in [0.1, 0.15) is 0 Å². The molecule has 3 amide bonds. The van der Waals surface area contributed by atoms with Crippen molar-refractivity contribution in [2.45, 2.75) is 19.9 Å². The van der Waals surface area contributed by atoms with Crippen LogP contribution in [0.3, 0.4) is 0 Å². The summed E-state index contributed by atoms with van der Waals surface area (Å²) in [5.41, 5.74) is 4.59. The molecule has 0 bridgehead atoms. The standard InChI is InChI=1S/C13H16N4O3/c1-3-20-13(19)15-10-6-4-9(5-7-10)11-8(2)14-12(18)17-16-11/h4-8H,3H2,1-2H3,(H,15,19)(H2,14,17,18). The maximum absolute atomic E-state index is 11.3. The van der Waals surface area contributed by atoms with Gasteiger partial charge < -0.3 is 10.1 Å². The molecule has 0 saturated heterocycles. The van der Waals surface area contributed by atoms with Crippen LogP contribution in [0, 0.1) is 0 Å². The number of carbonyl (C=O) groups is 2. The second-order valence-corrected chi connectivity index (χ2v) is 4.23. The number of ether oxygens (including phenoxy) is 1. The first kappa shape index (κ1) is 13.9. The minimum absolute atomic E-state index is 0.174. The lowest BCUT2D eigenvalue weighted by Gasteiger charge is -2.21. The van der Waals surface area contributed by atoms with Crippen molar-refractivity contribution in [3.8, 4) is 0 Å². The van der Waals surface area contributed by atoms with E-state index in [9.17, 15) is 9.59 Å². The van der Waals surface area contributed by atoms with Gasteiger partial charge in [-0.05, 0) is 26.0 Å². The molecule has 0 aliphatic carbocycles. The van der Waals surface area contributed by atoms with Crippen LogP contribution in [0.5, 0.6) is 0 Å². The number of hydrogen-bond donors (Lipinski definition) is 3. The van der Waals surface area contributed by atoms with Crippen LogP contribution >= 0.6 is 0 Å². The van der Waals surface area contributed by atoms with Gasteiger partial charge in [-0.3, -0.25) is 5.32 Å². The Morgan fingerprint density at radius 3 is 2.70 bits per heavy atom. The van der Waals surface area contributed by atoms with Gasteiger partial charge in [0.2, 0.25) is 0 Å². The van der Waals surface area contributed by atoms with Gasteiger partial charge in [0.15, 0.2) is 0 Å². The summed E-state index contributed by atoms with van der Waals surface area (Å²) < 4.78 is 4.79. The van der Waals surface area contributed by atoms with E-state index in [0.29, 0.717) is 12.3 Å². The Morgan fingerprint density at radius 2 is 2.10 bits per heavy atom. The molecular formula is C13H16N4O3. The number of urea groups is 1. The molecule has 0 saturated carbocycles. The van der Waals surface area contributed by atoms with E-state index in [-0.39, 0.29) is 12.1 Å². The van der Waals surface area contributed by atoms with Crippen LogP contribution < -0.4 is 16.1 Å². The highest BCUT2D eigenvalue weighted by molar-refractivity contribution is 6.07. The minimum atomic E-state index is -0.488. The summed E-state index contributed by atoms with van der Waals surface area (Å²) in [6.45, 7) is 3.92. The Kier molecular flexibility index (Phi) is 4.19. The Labute approximate surface area is 116 Å². The number of nitrogens with zero attached hydrogens (tertiary/aromatic N) is 1. The number of carbonyl (C=O) groups excluding carboxylic acids is 2. The van der Waals surface area contributed by atoms with E-state index in [2.05, 4.69) is 21.2 Å². The van der Waals surface area contributed by atoms with E-state index in [0.717, 1.165) is 11.3 Å². The SMILES string of the molecule is CCOC(=O)Nc1ccc(C2=NNC(=O)NC2C)cc1. The van der Waals surface area contributed by atoms with Crippen molar-refractivity contribution in [3.05, 3.63) is 29.8 Å². The average molecular weight is 276 g/mol. The maximum atomic E-state index is 11.3. The third-order valence-electron chi connectivity index (χ3n) is 2.74. The number of anilines is 1. The number of rotatable bonds is 3. The highest BCUT2D eigenvalue weighted by Crippen LogP contribution is 2.13. The zero-order valence-electron chi connectivity index (χ0n) is 11.3. The van der Waals surface area contributed by atoms with Gasteiger partial charge in [0.25, 0.3) is 0 Å². The molecule has 106 valence electrons. The minimum Gasteiger partial charge on any atom is -0.450 e. The monoisotopic (exact) mass is 276 g/mol. The Hall–Kier alpha value is -2.57. The summed E-state index contributed by atoms with van der Waals surface area (Å²) in [4.78, 5) is 22.4. The summed E-state index contributed by atoms with van der Waals surface area (Å²) in [6.07, 6.45) is -0.488. The topological polar surface area (TPSA) is 91.8 Å². The first-order chi connectivity index (χ1) is 9.60. The van der Waals surface area contributed by atoms with E-state index >= 15 is 0 Å². The van der Waals surface area contributed by atoms with Crippen LogP contribution in [0.15, 0.2) is 29.4 Å². The van der Waals surface area contributed by atoms with Crippen LogP contribution in [0.4, 0.5) is 15.3 Å². The first-order valence-electron chi connectivity index (χ1n) is 6.28. The molecule has 1 aromatic carbocycles. The van der Waals surface area contributed by atoms with E-state index in [1.54, 1.807) is 19.1 Å². The third kappa shape index (κ3) is 3.25. The van der Waals surface area contributed by atoms with Gasteiger partial charge in [0, 0.05) is 11.3 Å². The molecule has 2 rings (SSSR count). The number of hydrazone groups is 1. The van der Waals surface area contributed by atoms with Gasteiger partial charge >= 0.3 is 12.1 Å². The maximum Gasteiger partial charge on any atom is 0.411 e. The molecule has 0 spiro atoms. The predicted octanol–water partition coefficient (Wildman–Crippen LogP) is 1.66. The van der Waals surface area contributed by atoms with Gasteiger partial charge in [-0.1, -0.05) is 12.1 Å². The lowest BCUT2D eigenvalue weighted by Crippen LogP contribution is -2.48. The van der Waals surface area contributed by atoms with E-state index in [1.807, 2.05) is 19.1 Å². The average Bonchev–Trinajstić information content (AvgIpc) is 2.40. The normalized spacial score (nSPS) is 17.6. The second kappa shape index (κ2) is 6.05. The highest BCUT2D eigenvalue weighted by atomic mass is 16.5. The molecule has 1 aliphatic rings. The van der Waals surface area contributed by atoms with Crippen LogP contribution in [0.25, 0.3) is 0 Å². The van der Waals surface area contributed by atoms with E-state index in [4.69, 9.17) is 4.74 Å². The molecule has 1 heterocycles. The summed E-state index contributed by atoms with van der Waals surface area (Å²) in [5, 5.41) is 9.35. The van der Waals surface area contributed by atoms with Crippen LogP contribution in [-0.2, 0) is 4.74 Å². The molecule has 20 heavy (non-hydrogen) atoms. The van der Waals surface area contributed by atoms with Crippen molar-refractivity contribution in [1.29, 1.82) is 0 Å². The van der Waals surface area contributed by atoms with E-state index in [1.165, 1.54) is 0 Å². The number of hydrogen-bond acceptors (Lipinski definition) is 4. The smallest absolute Gasteiger partial charge is 0.411 e. The van der Waals surface area contributed by atoms with Gasteiger partial charge in [0.05, 0.1) is 18.4 Å². The first-order valence-corrected chi connectivity index (χ1v) is 6.28. The fourth-order valence-corrected chi connectivity index (χ4v) is 1.83. The fourth-order valence-electron chi connectivity index (χ4n) is 1.83. The highest BCUT2D eigenvalue weighted by Gasteiger charge is 2.20. The summed E-state index contributed by atoms with van der Waals surface area (Å²) >= 11 is 0. The number of amides is 3. The van der Waals surface area contributed by atoms with Gasteiger partial charge in [-0.2, -0.15) is 5.10 Å². The Morgan fingerprint density at radius 1 is 1.40 bits per heavy atom. The Bertz CT molecular complexity index is 539. The summed E-state index contributed by atoms with van der Waals surface area (Å²) in [5.74, 6) is 0. The second-order valence-electron chi connectivity index (χ2n) is 4.23. The molecule has 7 heteroatoms. The molecule has 3 N–H and O–H groups in total. The third-order valence-corrected chi connectivity index (χ3v) is 2.74. The van der Waals surface area contributed by atoms with Crippen molar-refractivity contribution >= 4 is 23.5 Å². The zero-order valence-corrected chi connectivity index (χ0v) is 11.3. The molecule has 1 aromatic rings. The molecule has 1 aliphatic heterocycles. The van der Waals surface area contributed by atoms with Crippen molar-refractivity contribution < 1.29 is 14.3 Å². The predicted molar refractivity (Wildman–Crippen MR) is 74.8 cm³/mol. The molecular weight excluding hydrogens is 260 g/mol. The van der Waals surface area contributed by atoms with Crippen molar-refractivity contribution in [3.63, 3.8) is 0 Å². The quantitative estimate of drug-likeness (QED) is 0.784. The lowest BCUT2D eigenvalue weighted by molar-refractivity contribution is 0.168. The van der Waals surface area contributed by atoms with Crippen LogP contribution in [-0.4, -0.2) is 30.5 Å².